The maximum absolute atomic E-state index is 9.88. The Balaban J connectivity index is 2.42. The van der Waals surface area contributed by atoms with Gasteiger partial charge in [0.25, 0.3) is 0 Å². The molecule has 0 aliphatic heterocycles. The number of hydrogen-bond acceptors (Lipinski definition) is 3. The molecule has 0 amide bonds. The molecule has 0 saturated carbocycles. The van der Waals surface area contributed by atoms with Gasteiger partial charge in [-0.25, -0.2) is 9.79 Å². The predicted octanol–water partition coefficient (Wildman–Crippen LogP) is 2.27. The highest BCUT2D eigenvalue weighted by molar-refractivity contribution is 5.77. The quantitative estimate of drug-likeness (QED) is 0.516. The van der Waals surface area contributed by atoms with Crippen molar-refractivity contribution in [3.8, 4) is 0 Å². The number of aliphatic imine (C=N–C) groups is 1. The molecule has 3 nitrogen and oxygen atoms in total. The van der Waals surface area contributed by atoms with E-state index in [1.165, 1.54) is 6.08 Å². The third-order valence-corrected chi connectivity index (χ3v) is 1.84. The molecule has 0 radical (unpaired) electrons. The summed E-state index contributed by atoms with van der Waals surface area (Å²) >= 11 is 0. The molecule has 0 fully saturated rings. The minimum Gasteiger partial charge on any atom is -0.464 e. The molecule has 64 valence electrons. The highest BCUT2D eigenvalue weighted by atomic mass is 16.3. The number of hydrogen-bond donors (Lipinski definition) is 0. The zero-order valence-corrected chi connectivity index (χ0v) is 6.86. The van der Waals surface area contributed by atoms with Gasteiger partial charge in [0.15, 0.2) is 0 Å². The van der Waals surface area contributed by atoms with Gasteiger partial charge in [0.2, 0.25) is 6.08 Å². The highest BCUT2D eigenvalue weighted by Gasteiger charge is 1.97. The average molecular weight is 173 g/mol. The standard InChI is InChI=1S/C10H7NO2/c12-7-11-6-8-1-2-10-9(5-8)3-4-13-10/h1-5H,6H2. The van der Waals surface area contributed by atoms with E-state index in [-0.39, 0.29) is 0 Å². The topological polar surface area (TPSA) is 42.6 Å². The molecule has 1 heterocycles. The maximum atomic E-state index is 9.88. The van der Waals surface area contributed by atoms with Crippen LogP contribution in [0.25, 0.3) is 11.0 Å². The zero-order chi connectivity index (χ0) is 9.10. The van der Waals surface area contributed by atoms with Gasteiger partial charge in [-0.15, -0.1) is 0 Å². The molecule has 0 bridgehead atoms. The van der Waals surface area contributed by atoms with Crippen molar-refractivity contribution in [2.24, 2.45) is 4.99 Å². The van der Waals surface area contributed by atoms with E-state index in [2.05, 4.69) is 4.99 Å². The lowest BCUT2D eigenvalue weighted by atomic mass is 10.2. The fourth-order valence-electron chi connectivity index (χ4n) is 1.24. The fraction of sp³-hybridized carbons (Fsp3) is 0.100. The lowest BCUT2D eigenvalue weighted by Gasteiger charge is -1.93. The molecule has 13 heavy (non-hydrogen) atoms. The van der Waals surface area contributed by atoms with E-state index < -0.39 is 0 Å². The number of furan rings is 1. The van der Waals surface area contributed by atoms with Crippen LogP contribution in [0.5, 0.6) is 0 Å². The van der Waals surface area contributed by atoms with Crippen molar-refractivity contribution in [2.45, 2.75) is 6.54 Å². The van der Waals surface area contributed by atoms with Crippen LogP contribution in [-0.4, -0.2) is 6.08 Å². The Morgan fingerprint density at radius 1 is 1.38 bits per heavy atom. The second kappa shape index (κ2) is 3.25. The molecule has 0 spiro atoms. The van der Waals surface area contributed by atoms with E-state index in [1.54, 1.807) is 6.26 Å². The van der Waals surface area contributed by atoms with Crippen molar-refractivity contribution in [3.05, 3.63) is 36.1 Å². The van der Waals surface area contributed by atoms with Crippen LogP contribution in [0.4, 0.5) is 0 Å². The number of carbonyl (C=O) groups excluding carboxylic acids is 1. The fourth-order valence-corrected chi connectivity index (χ4v) is 1.24. The van der Waals surface area contributed by atoms with E-state index in [4.69, 9.17) is 4.42 Å². The maximum Gasteiger partial charge on any atom is 0.235 e. The number of fused-ring (bicyclic) bond motifs is 1. The van der Waals surface area contributed by atoms with E-state index in [0.717, 1.165) is 16.5 Å². The second-order valence-electron chi connectivity index (χ2n) is 2.70. The summed E-state index contributed by atoms with van der Waals surface area (Å²) in [7, 11) is 0. The van der Waals surface area contributed by atoms with Crippen molar-refractivity contribution in [1.29, 1.82) is 0 Å². The average Bonchev–Trinajstić information content (AvgIpc) is 2.61. The van der Waals surface area contributed by atoms with Crippen LogP contribution in [0.1, 0.15) is 5.56 Å². The molecule has 1 aromatic heterocycles. The van der Waals surface area contributed by atoms with Gasteiger partial charge in [0, 0.05) is 5.39 Å². The summed E-state index contributed by atoms with van der Waals surface area (Å²) in [6.45, 7) is 0.380. The molecule has 3 heteroatoms. The van der Waals surface area contributed by atoms with Crippen molar-refractivity contribution in [2.75, 3.05) is 0 Å². The van der Waals surface area contributed by atoms with Crippen LogP contribution < -0.4 is 0 Å². The SMILES string of the molecule is O=C=NCc1ccc2occc2c1. The van der Waals surface area contributed by atoms with E-state index >= 15 is 0 Å². The van der Waals surface area contributed by atoms with Crippen molar-refractivity contribution in [3.63, 3.8) is 0 Å². The molecule has 0 unspecified atom stereocenters. The number of isocyanates is 1. The number of nitrogens with zero attached hydrogens (tertiary/aromatic N) is 1. The zero-order valence-electron chi connectivity index (χ0n) is 6.86. The molecule has 0 aliphatic rings. The van der Waals surface area contributed by atoms with Crippen LogP contribution in [0.15, 0.2) is 39.9 Å². The van der Waals surface area contributed by atoms with Crippen molar-refractivity contribution in [1.82, 2.24) is 0 Å². The predicted molar refractivity (Wildman–Crippen MR) is 48.0 cm³/mol. The molecule has 1 aromatic carbocycles. The van der Waals surface area contributed by atoms with E-state index in [1.807, 2.05) is 24.3 Å². The Morgan fingerprint density at radius 2 is 2.31 bits per heavy atom. The van der Waals surface area contributed by atoms with Crippen LogP contribution in [0.3, 0.4) is 0 Å². The molecule has 0 N–H and O–H groups in total. The lowest BCUT2D eigenvalue weighted by Crippen LogP contribution is -1.79. The Hall–Kier alpha value is -1.86. The smallest absolute Gasteiger partial charge is 0.235 e. The van der Waals surface area contributed by atoms with Gasteiger partial charge in [-0.1, -0.05) is 6.07 Å². The van der Waals surface area contributed by atoms with Crippen LogP contribution in [-0.2, 0) is 11.3 Å². The number of benzene rings is 1. The van der Waals surface area contributed by atoms with Crippen LogP contribution >= 0.6 is 0 Å². The molecular weight excluding hydrogens is 166 g/mol. The summed E-state index contributed by atoms with van der Waals surface area (Å²) in [6, 6.07) is 7.57. The summed E-state index contributed by atoms with van der Waals surface area (Å²) in [5, 5.41) is 1.03. The highest BCUT2D eigenvalue weighted by Crippen LogP contribution is 2.17. The van der Waals surface area contributed by atoms with Crippen LogP contribution in [0, 0.1) is 0 Å². The van der Waals surface area contributed by atoms with E-state index in [9.17, 15) is 4.79 Å². The summed E-state index contributed by atoms with van der Waals surface area (Å²) in [5.41, 5.74) is 1.83. The Bertz CT molecular complexity index is 466. The Morgan fingerprint density at radius 3 is 3.15 bits per heavy atom. The first-order valence-electron chi connectivity index (χ1n) is 3.90. The molecule has 0 aliphatic carbocycles. The third kappa shape index (κ3) is 1.50. The minimum atomic E-state index is 0.380. The van der Waals surface area contributed by atoms with Crippen molar-refractivity contribution < 1.29 is 9.21 Å². The summed E-state index contributed by atoms with van der Waals surface area (Å²) < 4.78 is 5.17. The van der Waals surface area contributed by atoms with E-state index in [0.29, 0.717) is 6.54 Å². The summed E-state index contributed by atoms with van der Waals surface area (Å²) in [5.74, 6) is 0. The number of rotatable bonds is 2. The molecule has 2 rings (SSSR count). The van der Waals surface area contributed by atoms with Crippen LogP contribution in [0.2, 0.25) is 0 Å². The molecular formula is C10H7NO2. The lowest BCUT2D eigenvalue weighted by molar-refractivity contribution is 0.563. The van der Waals surface area contributed by atoms with Gasteiger partial charge in [0.1, 0.15) is 5.58 Å². The first-order valence-corrected chi connectivity index (χ1v) is 3.90. The molecule has 0 atom stereocenters. The molecule has 2 aromatic rings. The van der Waals surface area contributed by atoms with Gasteiger partial charge in [0.05, 0.1) is 12.8 Å². The van der Waals surface area contributed by atoms with Gasteiger partial charge in [-0.3, -0.25) is 0 Å². The van der Waals surface area contributed by atoms with Gasteiger partial charge < -0.3 is 4.42 Å². The first-order chi connectivity index (χ1) is 6.40. The third-order valence-electron chi connectivity index (χ3n) is 1.84. The second-order valence-corrected chi connectivity index (χ2v) is 2.70. The molecule has 0 saturated heterocycles. The summed E-state index contributed by atoms with van der Waals surface area (Å²) in [4.78, 5) is 13.4. The summed E-state index contributed by atoms with van der Waals surface area (Å²) in [6.07, 6.45) is 3.15. The largest absolute Gasteiger partial charge is 0.464 e. The Labute approximate surface area is 74.7 Å². The van der Waals surface area contributed by atoms with Gasteiger partial charge >= 0.3 is 0 Å². The monoisotopic (exact) mass is 173 g/mol. The normalized spacial score (nSPS) is 9.85. The van der Waals surface area contributed by atoms with Gasteiger partial charge in [-0.2, -0.15) is 0 Å². The Kier molecular flexibility index (Phi) is 1.94. The minimum absolute atomic E-state index is 0.380. The first kappa shape index (κ1) is 7.77. The van der Waals surface area contributed by atoms with Gasteiger partial charge in [-0.05, 0) is 23.8 Å². The van der Waals surface area contributed by atoms with Crippen molar-refractivity contribution >= 4 is 17.0 Å².